The van der Waals surface area contributed by atoms with Crippen LogP contribution in [0.4, 0.5) is 0 Å². The zero-order valence-electron chi connectivity index (χ0n) is 14.0. The molecule has 2 aromatic heterocycles. The highest BCUT2D eigenvalue weighted by atomic mass is 16.5. The lowest BCUT2D eigenvalue weighted by atomic mass is 10.1. The number of benzene rings is 1. The minimum Gasteiger partial charge on any atom is -0.496 e. The molecule has 1 aliphatic rings. The second-order valence-corrected chi connectivity index (χ2v) is 5.86. The molecular formula is C18H17N5O2. The molecule has 3 aromatic rings. The minimum atomic E-state index is -0.111. The number of hydrogen-bond acceptors (Lipinski definition) is 5. The first-order valence-electron chi connectivity index (χ1n) is 8.00. The lowest BCUT2D eigenvalue weighted by Gasteiger charge is -2.13. The summed E-state index contributed by atoms with van der Waals surface area (Å²) in [4.78, 5) is 20.9. The van der Waals surface area contributed by atoms with Crippen LogP contribution >= 0.6 is 0 Å². The Morgan fingerprint density at radius 1 is 1.20 bits per heavy atom. The van der Waals surface area contributed by atoms with Gasteiger partial charge in [0.25, 0.3) is 5.91 Å². The Balaban J connectivity index is 1.78. The summed E-state index contributed by atoms with van der Waals surface area (Å²) < 4.78 is 7.14. The van der Waals surface area contributed by atoms with E-state index in [1.54, 1.807) is 30.1 Å². The van der Waals surface area contributed by atoms with Gasteiger partial charge in [0, 0.05) is 12.7 Å². The predicted molar refractivity (Wildman–Crippen MR) is 92.3 cm³/mol. The molecule has 1 aromatic carbocycles. The van der Waals surface area contributed by atoms with Crippen LogP contribution in [0.1, 0.15) is 16.1 Å². The maximum absolute atomic E-state index is 11.9. The Morgan fingerprint density at radius 3 is 2.88 bits per heavy atom. The van der Waals surface area contributed by atoms with E-state index in [4.69, 9.17) is 4.74 Å². The van der Waals surface area contributed by atoms with Gasteiger partial charge in [-0.3, -0.25) is 9.48 Å². The Bertz CT molecular complexity index is 964. The van der Waals surface area contributed by atoms with E-state index in [0.717, 1.165) is 11.1 Å². The normalized spacial score (nSPS) is 13.3. The number of nitrogens with zero attached hydrogens (tertiary/aromatic N) is 4. The van der Waals surface area contributed by atoms with Crippen molar-refractivity contribution in [3.8, 4) is 28.5 Å². The molecule has 7 heteroatoms. The van der Waals surface area contributed by atoms with Gasteiger partial charge in [0.1, 0.15) is 17.1 Å². The van der Waals surface area contributed by atoms with Gasteiger partial charge in [0.2, 0.25) is 0 Å². The molecular weight excluding hydrogens is 318 g/mol. The molecule has 3 heterocycles. The molecule has 4 rings (SSSR count). The van der Waals surface area contributed by atoms with Gasteiger partial charge in [-0.1, -0.05) is 11.6 Å². The van der Waals surface area contributed by atoms with Gasteiger partial charge in [-0.05, 0) is 31.2 Å². The van der Waals surface area contributed by atoms with Crippen LogP contribution in [0.5, 0.6) is 5.75 Å². The topological polar surface area (TPSA) is 81.9 Å². The van der Waals surface area contributed by atoms with Crippen LogP contribution in [0.15, 0.2) is 36.5 Å². The van der Waals surface area contributed by atoms with Crippen LogP contribution in [0, 0.1) is 6.92 Å². The second kappa shape index (κ2) is 6.01. The van der Waals surface area contributed by atoms with Crippen LogP contribution in [-0.2, 0) is 6.54 Å². The number of carbonyl (C=O) groups is 1. The molecule has 0 fully saturated rings. The van der Waals surface area contributed by atoms with Crippen LogP contribution in [0.2, 0.25) is 0 Å². The quantitative estimate of drug-likeness (QED) is 0.792. The standard InChI is InChI=1S/C18H17N5O2/c1-11-3-4-16(25-2)12(9-11)17-19-6-5-13(21-17)14-10-15-18(24)20-7-8-23(15)22-14/h3-6,9-10H,7-8H2,1-2H3,(H,20,24). The smallest absolute Gasteiger partial charge is 0.269 e. The van der Waals surface area contributed by atoms with Crippen molar-refractivity contribution < 1.29 is 9.53 Å². The SMILES string of the molecule is COc1ccc(C)cc1-c1nccc(-c2cc3n(n2)CCNC3=O)n1. The largest absolute Gasteiger partial charge is 0.496 e. The molecule has 0 spiro atoms. The number of nitrogens with one attached hydrogen (secondary N) is 1. The Labute approximate surface area is 144 Å². The monoisotopic (exact) mass is 335 g/mol. The maximum Gasteiger partial charge on any atom is 0.269 e. The van der Waals surface area contributed by atoms with Crippen molar-refractivity contribution in [3.05, 3.63) is 47.8 Å². The molecule has 7 nitrogen and oxygen atoms in total. The lowest BCUT2D eigenvalue weighted by Crippen LogP contribution is -2.35. The average molecular weight is 335 g/mol. The molecule has 0 aliphatic carbocycles. The third kappa shape index (κ3) is 2.73. The van der Waals surface area contributed by atoms with Crippen molar-refractivity contribution >= 4 is 5.91 Å². The summed E-state index contributed by atoms with van der Waals surface area (Å²) in [5.41, 5.74) is 3.80. The fourth-order valence-electron chi connectivity index (χ4n) is 2.89. The van der Waals surface area contributed by atoms with Crippen molar-refractivity contribution in [2.24, 2.45) is 0 Å². The van der Waals surface area contributed by atoms with Crippen molar-refractivity contribution in [2.75, 3.05) is 13.7 Å². The zero-order valence-corrected chi connectivity index (χ0v) is 14.0. The third-order valence-corrected chi connectivity index (χ3v) is 4.14. The number of hydrogen-bond donors (Lipinski definition) is 1. The number of amides is 1. The van der Waals surface area contributed by atoms with Gasteiger partial charge in [0.15, 0.2) is 5.82 Å². The van der Waals surface area contributed by atoms with Gasteiger partial charge in [0.05, 0.1) is 24.9 Å². The summed E-state index contributed by atoms with van der Waals surface area (Å²) in [6, 6.07) is 9.42. The van der Waals surface area contributed by atoms with Gasteiger partial charge in [-0.2, -0.15) is 5.10 Å². The van der Waals surface area contributed by atoms with Gasteiger partial charge >= 0.3 is 0 Å². The van der Waals surface area contributed by atoms with E-state index < -0.39 is 0 Å². The summed E-state index contributed by atoms with van der Waals surface area (Å²) in [5, 5.41) is 7.31. The molecule has 0 atom stereocenters. The van der Waals surface area contributed by atoms with Gasteiger partial charge in [-0.15, -0.1) is 0 Å². The highest BCUT2D eigenvalue weighted by Crippen LogP contribution is 2.29. The fraction of sp³-hybridized carbons (Fsp3) is 0.222. The fourth-order valence-corrected chi connectivity index (χ4v) is 2.89. The van der Waals surface area contributed by atoms with Crippen LogP contribution in [0.3, 0.4) is 0 Å². The van der Waals surface area contributed by atoms with Crippen LogP contribution in [-0.4, -0.2) is 39.3 Å². The Kier molecular flexibility index (Phi) is 3.68. The van der Waals surface area contributed by atoms with Crippen molar-refractivity contribution in [2.45, 2.75) is 13.5 Å². The molecule has 25 heavy (non-hydrogen) atoms. The molecule has 0 radical (unpaired) electrons. The Morgan fingerprint density at radius 2 is 2.08 bits per heavy atom. The first kappa shape index (κ1) is 15.3. The van der Waals surface area contributed by atoms with Gasteiger partial charge in [-0.25, -0.2) is 9.97 Å². The molecule has 1 N–H and O–H groups in total. The van der Waals surface area contributed by atoms with Crippen molar-refractivity contribution in [1.82, 2.24) is 25.1 Å². The van der Waals surface area contributed by atoms with Crippen molar-refractivity contribution in [3.63, 3.8) is 0 Å². The molecule has 1 aliphatic heterocycles. The lowest BCUT2D eigenvalue weighted by molar-refractivity contribution is 0.0924. The van der Waals surface area contributed by atoms with E-state index in [0.29, 0.717) is 41.7 Å². The summed E-state index contributed by atoms with van der Waals surface area (Å²) in [5.74, 6) is 1.17. The highest BCUT2D eigenvalue weighted by molar-refractivity contribution is 5.94. The number of aryl methyl sites for hydroxylation is 1. The maximum atomic E-state index is 11.9. The van der Waals surface area contributed by atoms with E-state index in [-0.39, 0.29) is 5.91 Å². The van der Waals surface area contributed by atoms with Crippen LogP contribution < -0.4 is 10.1 Å². The summed E-state index contributed by atoms with van der Waals surface area (Å²) in [7, 11) is 1.63. The number of methoxy groups -OCH3 is 1. The number of aromatic nitrogens is 4. The molecule has 0 unspecified atom stereocenters. The number of carbonyl (C=O) groups excluding carboxylic acids is 1. The highest BCUT2D eigenvalue weighted by Gasteiger charge is 2.20. The first-order valence-corrected chi connectivity index (χ1v) is 8.00. The van der Waals surface area contributed by atoms with E-state index in [2.05, 4.69) is 20.4 Å². The number of fused-ring (bicyclic) bond motifs is 1. The molecule has 1 amide bonds. The van der Waals surface area contributed by atoms with E-state index in [1.165, 1.54) is 0 Å². The molecule has 0 saturated heterocycles. The first-order chi connectivity index (χ1) is 12.2. The zero-order chi connectivity index (χ0) is 17.4. The average Bonchev–Trinajstić information content (AvgIpc) is 3.08. The molecule has 0 saturated carbocycles. The minimum absolute atomic E-state index is 0.111. The predicted octanol–water partition coefficient (Wildman–Crippen LogP) is 2.07. The van der Waals surface area contributed by atoms with E-state index >= 15 is 0 Å². The summed E-state index contributed by atoms with van der Waals surface area (Å²) in [6.07, 6.45) is 1.69. The Hall–Kier alpha value is -3.22. The third-order valence-electron chi connectivity index (χ3n) is 4.14. The summed E-state index contributed by atoms with van der Waals surface area (Å²) >= 11 is 0. The molecule has 0 bridgehead atoms. The van der Waals surface area contributed by atoms with E-state index in [1.807, 2.05) is 25.1 Å². The molecule has 126 valence electrons. The van der Waals surface area contributed by atoms with Crippen molar-refractivity contribution in [1.29, 1.82) is 0 Å². The summed E-state index contributed by atoms with van der Waals surface area (Å²) in [6.45, 7) is 3.25. The van der Waals surface area contributed by atoms with Gasteiger partial charge < -0.3 is 10.1 Å². The van der Waals surface area contributed by atoms with E-state index in [9.17, 15) is 4.79 Å². The number of rotatable bonds is 3. The number of ether oxygens (including phenoxy) is 1. The second-order valence-electron chi connectivity index (χ2n) is 5.86. The van der Waals surface area contributed by atoms with Crippen LogP contribution in [0.25, 0.3) is 22.8 Å².